The largest absolute Gasteiger partial charge is 0.377 e. The molecular weight excluding hydrogens is 470 g/mol. The molecule has 2 amide bonds. The molecule has 198 valence electrons. The smallest absolute Gasteiger partial charge is 0.246 e. The van der Waals surface area contributed by atoms with Gasteiger partial charge in [-0.15, -0.1) is 11.6 Å². The molecule has 0 bridgehead atoms. The number of carbonyl (C=O) groups excluding carboxylic acids is 2. The molecule has 1 aromatic carbocycles. The van der Waals surface area contributed by atoms with Crippen molar-refractivity contribution in [2.24, 2.45) is 0 Å². The minimum absolute atomic E-state index is 0.00147. The topological polar surface area (TPSA) is 95.2 Å². The van der Waals surface area contributed by atoms with Crippen molar-refractivity contribution in [2.45, 2.75) is 13.5 Å². The fourth-order valence-electron chi connectivity index (χ4n) is 2.95. The van der Waals surface area contributed by atoms with E-state index in [0.717, 1.165) is 38.4 Å². The lowest BCUT2D eigenvalue weighted by molar-refractivity contribution is -0.126. The zero-order chi connectivity index (χ0) is 25.9. The van der Waals surface area contributed by atoms with Crippen LogP contribution in [-0.4, -0.2) is 102 Å². The number of hydrogen-bond acceptors (Lipinski definition) is 7. The molecule has 0 unspecified atom stereocenters. The van der Waals surface area contributed by atoms with Gasteiger partial charge in [0.05, 0.1) is 19.8 Å². The number of hydrogen-bond donors (Lipinski definition) is 3. The quantitative estimate of drug-likeness (QED) is 0.138. The van der Waals surface area contributed by atoms with E-state index >= 15 is 0 Å². The second kappa shape index (κ2) is 19.1. The average molecular weight is 512 g/mol. The number of nitrogens with one attached hydrogen (secondary N) is 3. The van der Waals surface area contributed by atoms with Crippen LogP contribution in [0.2, 0.25) is 0 Å². The molecule has 0 atom stereocenters. The van der Waals surface area contributed by atoms with Crippen LogP contribution in [0.4, 0.5) is 5.69 Å². The second-order valence-electron chi connectivity index (χ2n) is 8.31. The van der Waals surface area contributed by atoms with Crippen molar-refractivity contribution in [3.63, 3.8) is 0 Å². The van der Waals surface area contributed by atoms with Crippen molar-refractivity contribution < 1.29 is 19.1 Å². The van der Waals surface area contributed by atoms with Crippen LogP contribution in [0.3, 0.4) is 0 Å². The maximum atomic E-state index is 11.8. The van der Waals surface area contributed by atoms with Crippen molar-refractivity contribution >= 4 is 29.1 Å². The van der Waals surface area contributed by atoms with E-state index in [4.69, 9.17) is 21.1 Å². The number of halogens is 1. The van der Waals surface area contributed by atoms with Crippen LogP contribution in [0.5, 0.6) is 0 Å². The van der Waals surface area contributed by atoms with Crippen molar-refractivity contribution in [3.05, 3.63) is 42.0 Å². The number of amides is 2. The molecule has 0 saturated carbocycles. The summed E-state index contributed by atoms with van der Waals surface area (Å²) in [6.45, 7) is 11.4. The Bertz CT molecular complexity index is 748. The van der Waals surface area contributed by atoms with E-state index in [-0.39, 0.29) is 18.4 Å². The summed E-state index contributed by atoms with van der Waals surface area (Å²) in [5.41, 5.74) is 2.87. The fourth-order valence-corrected chi connectivity index (χ4v) is 3.20. The number of benzene rings is 1. The van der Waals surface area contributed by atoms with Crippen molar-refractivity contribution in [1.82, 2.24) is 20.9 Å². The van der Waals surface area contributed by atoms with Gasteiger partial charge < -0.3 is 35.2 Å². The molecule has 0 aliphatic heterocycles. The highest BCUT2D eigenvalue weighted by Crippen LogP contribution is 2.13. The van der Waals surface area contributed by atoms with E-state index in [1.54, 1.807) is 6.92 Å². The highest BCUT2D eigenvalue weighted by molar-refractivity contribution is 6.18. The molecule has 0 spiro atoms. The Kier molecular flexibility index (Phi) is 16.8. The lowest BCUT2D eigenvalue weighted by Crippen LogP contribution is -2.37. The van der Waals surface area contributed by atoms with Gasteiger partial charge in [0.15, 0.2) is 0 Å². The number of anilines is 1. The monoisotopic (exact) mass is 511 g/mol. The SMILES string of the molecule is C=C(C)C(=O)NCCOCCOCC(=O)NCCN(C)CCNCc1ccc(N(C)CCCl)cc1. The van der Waals surface area contributed by atoms with Crippen LogP contribution >= 0.6 is 11.6 Å². The van der Waals surface area contributed by atoms with Gasteiger partial charge in [0.25, 0.3) is 0 Å². The number of ether oxygens (including phenoxy) is 2. The predicted molar refractivity (Wildman–Crippen MR) is 142 cm³/mol. The second-order valence-corrected chi connectivity index (χ2v) is 8.69. The lowest BCUT2D eigenvalue weighted by Gasteiger charge is -2.18. The van der Waals surface area contributed by atoms with Gasteiger partial charge in [-0.3, -0.25) is 9.59 Å². The van der Waals surface area contributed by atoms with Crippen LogP contribution in [0.1, 0.15) is 12.5 Å². The Morgan fingerprint density at radius 2 is 1.63 bits per heavy atom. The number of alkyl halides is 1. The summed E-state index contributed by atoms with van der Waals surface area (Å²) in [6.07, 6.45) is 0. The summed E-state index contributed by atoms with van der Waals surface area (Å²) >= 11 is 5.79. The number of likely N-dealkylation sites (N-methyl/N-ethyl adjacent to an activating group) is 1. The normalized spacial score (nSPS) is 10.9. The van der Waals surface area contributed by atoms with E-state index in [9.17, 15) is 9.59 Å². The Balaban J connectivity index is 1.98. The zero-order valence-electron chi connectivity index (χ0n) is 21.4. The van der Waals surface area contributed by atoms with Crippen molar-refractivity contribution in [1.29, 1.82) is 0 Å². The van der Waals surface area contributed by atoms with Crippen LogP contribution in [0.15, 0.2) is 36.4 Å². The first kappa shape index (κ1) is 30.9. The van der Waals surface area contributed by atoms with Crippen molar-refractivity contribution in [2.75, 3.05) is 90.6 Å². The molecule has 0 radical (unpaired) electrons. The molecule has 9 nitrogen and oxygen atoms in total. The van der Waals surface area contributed by atoms with Gasteiger partial charge >= 0.3 is 0 Å². The summed E-state index contributed by atoms with van der Waals surface area (Å²) in [4.78, 5) is 27.4. The third kappa shape index (κ3) is 15.4. The van der Waals surface area contributed by atoms with Crippen LogP contribution < -0.4 is 20.9 Å². The summed E-state index contributed by atoms with van der Waals surface area (Å²) in [7, 11) is 4.07. The Labute approximate surface area is 215 Å². The molecule has 1 aromatic rings. The van der Waals surface area contributed by atoms with E-state index in [1.807, 2.05) is 14.1 Å². The summed E-state index contributed by atoms with van der Waals surface area (Å²) in [5, 5.41) is 8.98. The first-order valence-corrected chi connectivity index (χ1v) is 12.5. The van der Waals surface area contributed by atoms with Gasteiger partial charge in [-0.25, -0.2) is 0 Å². The van der Waals surface area contributed by atoms with Crippen molar-refractivity contribution in [3.8, 4) is 0 Å². The third-order valence-corrected chi connectivity index (χ3v) is 5.31. The summed E-state index contributed by atoms with van der Waals surface area (Å²) in [5.74, 6) is 0.281. The molecule has 0 aliphatic rings. The fraction of sp³-hybridized carbons (Fsp3) is 0.600. The van der Waals surface area contributed by atoms with Crippen LogP contribution in [0.25, 0.3) is 0 Å². The van der Waals surface area contributed by atoms with Gasteiger partial charge in [0, 0.05) is 70.0 Å². The molecular formula is C25H42ClN5O4. The first-order chi connectivity index (χ1) is 16.8. The summed E-state index contributed by atoms with van der Waals surface area (Å²) in [6, 6.07) is 8.49. The molecule has 0 heterocycles. The highest BCUT2D eigenvalue weighted by Gasteiger charge is 2.04. The van der Waals surface area contributed by atoms with Gasteiger partial charge in [0.1, 0.15) is 6.61 Å². The molecule has 0 aliphatic carbocycles. The number of carbonyl (C=O) groups is 2. The Hall–Kier alpha value is -2.17. The lowest BCUT2D eigenvalue weighted by atomic mass is 10.2. The number of rotatable bonds is 20. The molecule has 0 fully saturated rings. The predicted octanol–water partition coefficient (Wildman–Crippen LogP) is 1.22. The van der Waals surface area contributed by atoms with Gasteiger partial charge in [0.2, 0.25) is 11.8 Å². The molecule has 1 rings (SSSR count). The van der Waals surface area contributed by atoms with E-state index in [2.05, 4.69) is 56.6 Å². The Morgan fingerprint density at radius 1 is 0.943 bits per heavy atom. The minimum Gasteiger partial charge on any atom is -0.377 e. The van der Waals surface area contributed by atoms with E-state index in [1.165, 1.54) is 5.56 Å². The first-order valence-electron chi connectivity index (χ1n) is 11.9. The van der Waals surface area contributed by atoms with Gasteiger partial charge in [-0.2, -0.15) is 0 Å². The van der Waals surface area contributed by atoms with Crippen LogP contribution in [-0.2, 0) is 25.6 Å². The minimum atomic E-state index is -0.184. The highest BCUT2D eigenvalue weighted by atomic mass is 35.5. The third-order valence-electron chi connectivity index (χ3n) is 5.14. The average Bonchev–Trinajstić information content (AvgIpc) is 2.83. The van der Waals surface area contributed by atoms with E-state index < -0.39 is 0 Å². The number of nitrogens with zero attached hydrogens (tertiary/aromatic N) is 2. The maximum Gasteiger partial charge on any atom is 0.246 e. The van der Waals surface area contributed by atoms with E-state index in [0.29, 0.717) is 44.4 Å². The van der Waals surface area contributed by atoms with Gasteiger partial charge in [-0.05, 0) is 31.7 Å². The maximum absolute atomic E-state index is 11.8. The van der Waals surface area contributed by atoms with Crippen LogP contribution in [0, 0.1) is 0 Å². The molecule has 10 heteroatoms. The standard InChI is InChI=1S/C25H42ClN5O4/c1-21(2)25(33)29-12-16-34-17-18-35-20-24(32)28-11-15-30(3)14-10-27-19-22-5-7-23(8-6-22)31(4)13-9-26/h5-8,27H,1,9-20H2,2-4H3,(H,28,32)(H,29,33). The summed E-state index contributed by atoms with van der Waals surface area (Å²) < 4.78 is 10.6. The Morgan fingerprint density at radius 3 is 2.31 bits per heavy atom. The molecule has 0 aromatic heterocycles. The molecule has 0 saturated heterocycles. The molecule has 3 N–H and O–H groups in total. The molecule has 35 heavy (non-hydrogen) atoms. The zero-order valence-corrected chi connectivity index (χ0v) is 22.2. The van der Waals surface area contributed by atoms with Gasteiger partial charge in [-0.1, -0.05) is 18.7 Å².